The third-order valence-corrected chi connectivity index (χ3v) is 6.72. The van der Waals surface area contributed by atoms with Gasteiger partial charge in [-0.2, -0.15) is 0 Å². The van der Waals surface area contributed by atoms with E-state index >= 15 is 0 Å². The predicted octanol–water partition coefficient (Wildman–Crippen LogP) is 5.98. The first-order valence-corrected chi connectivity index (χ1v) is 11.7. The van der Waals surface area contributed by atoms with E-state index in [2.05, 4.69) is 23.8 Å². The quantitative estimate of drug-likeness (QED) is 0.466. The van der Waals surface area contributed by atoms with Crippen LogP contribution in [0.2, 0.25) is 0 Å². The molecule has 1 atom stereocenters. The van der Waals surface area contributed by atoms with Crippen molar-refractivity contribution in [2.75, 3.05) is 4.90 Å². The number of hydrogen-bond acceptors (Lipinski definition) is 5. The first-order valence-electron chi connectivity index (χ1n) is 11.7. The second kappa shape index (κ2) is 8.62. The Morgan fingerprint density at radius 1 is 1.03 bits per heavy atom. The van der Waals surface area contributed by atoms with E-state index in [-0.39, 0.29) is 22.8 Å². The number of aliphatic hydroxyl groups excluding tert-OH is 1. The topological polar surface area (TPSA) is 90.2 Å². The lowest BCUT2D eigenvalue weighted by molar-refractivity contribution is -0.118. The van der Waals surface area contributed by atoms with Crippen molar-refractivity contribution in [2.45, 2.75) is 39.5 Å². The Labute approximate surface area is 205 Å². The summed E-state index contributed by atoms with van der Waals surface area (Å²) in [6, 6.07) is 15.0. The molecule has 0 saturated heterocycles. The number of hydrogen-bond donors (Lipinski definition) is 2. The maximum absolute atomic E-state index is 13.8. The summed E-state index contributed by atoms with van der Waals surface area (Å²) in [5.41, 5.74) is 4.67. The van der Waals surface area contributed by atoms with Crippen LogP contribution in [-0.2, 0) is 4.79 Å². The summed E-state index contributed by atoms with van der Waals surface area (Å²) in [6.45, 7) is 6.14. The Morgan fingerprint density at radius 3 is 2.34 bits per heavy atom. The zero-order valence-corrected chi connectivity index (χ0v) is 20.1. The highest BCUT2D eigenvalue weighted by Crippen LogP contribution is 2.51. The standard InChI is InChI=1S/C29H28N4O2/c1-18-8-10-19(11-9-18)27(35)26-24(20-6-4-12-31-16-20)25-22(14-29(2,3)15-23(25)34)33(28(26)30)21-7-5-13-32-17-21/h4-13,16-17,24,30,35H,14-15H2,1-3H3/b27-26+,30-28?. The van der Waals surface area contributed by atoms with Gasteiger partial charge >= 0.3 is 0 Å². The van der Waals surface area contributed by atoms with Crippen molar-refractivity contribution in [1.29, 1.82) is 5.41 Å². The van der Waals surface area contributed by atoms with Crippen LogP contribution < -0.4 is 4.90 Å². The summed E-state index contributed by atoms with van der Waals surface area (Å²) in [6.07, 6.45) is 7.80. The summed E-state index contributed by atoms with van der Waals surface area (Å²) < 4.78 is 0. The number of anilines is 1. The molecule has 5 rings (SSSR count). The van der Waals surface area contributed by atoms with Gasteiger partial charge in [0.15, 0.2) is 5.78 Å². The molecule has 0 amide bonds. The molecule has 3 aromatic rings. The number of nitrogens with one attached hydrogen (secondary N) is 1. The highest BCUT2D eigenvalue weighted by Gasteiger charge is 2.46. The Balaban J connectivity index is 1.84. The fourth-order valence-electron chi connectivity index (χ4n) is 5.13. The number of carbonyl (C=O) groups is 1. The minimum absolute atomic E-state index is 0.0121. The van der Waals surface area contributed by atoms with Gasteiger partial charge in [-0.1, -0.05) is 49.7 Å². The molecule has 1 aromatic carbocycles. The zero-order chi connectivity index (χ0) is 24.7. The van der Waals surface area contributed by atoms with Crippen LogP contribution in [0.3, 0.4) is 0 Å². The number of benzene rings is 1. The van der Waals surface area contributed by atoms with E-state index in [9.17, 15) is 15.3 Å². The Bertz CT molecular complexity index is 1360. The highest BCUT2D eigenvalue weighted by atomic mass is 16.3. The van der Waals surface area contributed by atoms with Gasteiger partial charge in [0.2, 0.25) is 0 Å². The van der Waals surface area contributed by atoms with Gasteiger partial charge < -0.3 is 5.11 Å². The van der Waals surface area contributed by atoms with Gasteiger partial charge in [-0.25, -0.2) is 0 Å². The van der Waals surface area contributed by atoms with Crippen molar-refractivity contribution in [3.05, 3.63) is 107 Å². The number of aryl methyl sites for hydroxylation is 1. The van der Waals surface area contributed by atoms with Crippen LogP contribution in [0.25, 0.3) is 5.76 Å². The van der Waals surface area contributed by atoms with Gasteiger partial charge in [0, 0.05) is 53.3 Å². The van der Waals surface area contributed by atoms with Crippen molar-refractivity contribution in [3.8, 4) is 0 Å². The predicted molar refractivity (Wildman–Crippen MR) is 137 cm³/mol. The monoisotopic (exact) mass is 464 g/mol. The summed E-state index contributed by atoms with van der Waals surface area (Å²) in [5.74, 6) is -0.444. The largest absolute Gasteiger partial charge is 0.507 e. The number of ketones is 1. The van der Waals surface area contributed by atoms with Gasteiger partial charge in [-0.05, 0) is 42.5 Å². The molecule has 0 bridgehead atoms. The van der Waals surface area contributed by atoms with Crippen LogP contribution in [0, 0.1) is 17.7 Å². The molecular formula is C29H28N4O2. The molecule has 1 aliphatic carbocycles. The molecule has 35 heavy (non-hydrogen) atoms. The molecule has 3 heterocycles. The van der Waals surface area contributed by atoms with Gasteiger partial charge in [-0.3, -0.25) is 25.1 Å². The molecule has 176 valence electrons. The Hall–Kier alpha value is -4.06. The number of amidine groups is 1. The van der Waals surface area contributed by atoms with Crippen molar-refractivity contribution in [3.63, 3.8) is 0 Å². The maximum atomic E-state index is 13.8. The van der Waals surface area contributed by atoms with E-state index in [1.807, 2.05) is 55.5 Å². The average molecular weight is 465 g/mol. The van der Waals surface area contributed by atoms with E-state index in [0.717, 1.165) is 16.8 Å². The maximum Gasteiger partial charge on any atom is 0.162 e. The molecule has 0 fully saturated rings. The van der Waals surface area contributed by atoms with Crippen molar-refractivity contribution < 1.29 is 9.90 Å². The number of carbonyl (C=O) groups excluding carboxylic acids is 1. The molecule has 2 aliphatic rings. The van der Waals surface area contributed by atoms with Gasteiger partial charge in [-0.15, -0.1) is 0 Å². The van der Waals surface area contributed by atoms with Gasteiger partial charge in [0.1, 0.15) is 11.6 Å². The lowest BCUT2D eigenvalue weighted by Gasteiger charge is -2.45. The molecule has 2 N–H and O–H groups in total. The minimum Gasteiger partial charge on any atom is -0.507 e. The number of Topliss-reactive ketones (excluding diaryl/α,β-unsaturated/α-hetero) is 1. The van der Waals surface area contributed by atoms with Crippen molar-refractivity contribution in [2.24, 2.45) is 5.41 Å². The first kappa shape index (κ1) is 22.7. The minimum atomic E-state index is -0.593. The molecule has 0 saturated carbocycles. The smallest absolute Gasteiger partial charge is 0.162 e. The molecule has 0 radical (unpaired) electrons. The van der Waals surface area contributed by atoms with Crippen LogP contribution in [0.5, 0.6) is 0 Å². The van der Waals surface area contributed by atoms with Crippen LogP contribution in [0.4, 0.5) is 5.69 Å². The van der Waals surface area contributed by atoms with Crippen LogP contribution in [-0.4, -0.2) is 26.7 Å². The van der Waals surface area contributed by atoms with Gasteiger partial charge in [0.05, 0.1) is 11.9 Å². The summed E-state index contributed by atoms with van der Waals surface area (Å²) in [7, 11) is 0. The third-order valence-electron chi connectivity index (χ3n) is 6.72. The fraction of sp³-hybridized carbons (Fsp3) is 0.241. The normalized spacial score (nSPS) is 21.1. The van der Waals surface area contributed by atoms with Gasteiger partial charge in [0.25, 0.3) is 0 Å². The number of rotatable bonds is 3. The molecule has 2 aromatic heterocycles. The van der Waals surface area contributed by atoms with E-state index in [1.54, 1.807) is 29.7 Å². The Kier molecular flexibility index (Phi) is 5.59. The lowest BCUT2D eigenvalue weighted by Crippen LogP contribution is -2.45. The molecule has 1 unspecified atom stereocenters. The average Bonchev–Trinajstić information content (AvgIpc) is 2.84. The number of aromatic nitrogens is 2. The second-order valence-corrected chi connectivity index (χ2v) is 10.0. The SMILES string of the molecule is Cc1ccc(/C(O)=C2\C(=N)N(c3cccnc3)C3=C(C(=O)CC(C)(C)C3)C2c2cccnc2)cc1. The molecule has 6 nitrogen and oxygen atoms in total. The fourth-order valence-corrected chi connectivity index (χ4v) is 5.13. The van der Waals surface area contributed by atoms with E-state index < -0.39 is 5.92 Å². The van der Waals surface area contributed by atoms with E-state index in [0.29, 0.717) is 35.2 Å². The van der Waals surface area contributed by atoms with Crippen LogP contribution >= 0.6 is 0 Å². The second-order valence-electron chi connectivity index (χ2n) is 10.0. The molecule has 1 aliphatic heterocycles. The van der Waals surface area contributed by atoms with Crippen LogP contribution in [0.1, 0.15) is 49.3 Å². The zero-order valence-electron chi connectivity index (χ0n) is 20.1. The van der Waals surface area contributed by atoms with Crippen molar-refractivity contribution >= 4 is 23.1 Å². The van der Waals surface area contributed by atoms with Crippen LogP contribution in [0.15, 0.2) is 90.2 Å². The van der Waals surface area contributed by atoms with E-state index in [1.165, 1.54) is 0 Å². The van der Waals surface area contributed by atoms with E-state index in [4.69, 9.17) is 0 Å². The third kappa shape index (κ3) is 4.05. The number of pyridine rings is 2. The van der Waals surface area contributed by atoms with Crippen molar-refractivity contribution in [1.82, 2.24) is 9.97 Å². The number of aliphatic hydroxyl groups is 1. The molecule has 6 heteroatoms. The number of allylic oxidation sites excluding steroid dienone is 2. The summed E-state index contributed by atoms with van der Waals surface area (Å²) >= 11 is 0. The first-order chi connectivity index (χ1) is 16.8. The Morgan fingerprint density at radius 2 is 1.71 bits per heavy atom. The number of nitrogens with zero attached hydrogens (tertiary/aromatic N) is 3. The molecular weight excluding hydrogens is 436 g/mol. The highest BCUT2D eigenvalue weighted by molar-refractivity contribution is 6.19. The molecule has 0 spiro atoms. The lowest BCUT2D eigenvalue weighted by atomic mass is 9.67. The summed E-state index contributed by atoms with van der Waals surface area (Å²) in [5, 5.41) is 21.0. The summed E-state index contributed by atoms with van der Waals surface area (Å²) in [4.78, 5) is 24.1.